The monoisotopic (exact) mass is 391 g/mol. The Morgan fingerprint density at radius 3 is 2.75 bits per heavy atom. The highest BCUT2D eigenvalue weighted by atomic mass is 32.1. The predicted molar refractivity (Wildman–Crippen MR) is 109 cm³/mol. The molecule has 2 aromatic carbocycles. The zero-order valence-electron chi connectivity index (χ0n) is 15.0. The summed E-state index contributed by atoms with van der Waals surface area (Å²) in [4.78, 5) is 22.4. The Morgan fingerprint density at radius 2 is 1.96 bits per heavy atom. The van der Waals surface area contributed by atoms with Gasteiger partial charge in [0.15, 0.2) is 0 Å². The fourth-order valence-electron chi connectivity index (χ4n) is 2.87. The maximum Gasteiger partial charge on any atom is 0.349 e. The second kappa shape index (κ2) is 7.66. The summed E-state index contributed by atoms with van der Waals surface area (Å²) in [5, 5.41) is 13.6. The molecule has 2 aromatic heterocycles. The predicted octanol–water partition coefficient (Wildman–Crippen LogP) is 4.81. The number of aromatic hydroxyl groups is 1. The van der Waals surface area contributed by atoms with E-state index < -0.39 is 0 Å². The average Bonchev–Trinajstić information content (AvgIpc) is 3.05. The van der Waals surface area contributed by atoms with Gasteiger partial charge in [-0.25, -0.2) is 14.8 Å². The molecule has 0 radical (unpaired) electrons. The Bertz CT molecular complexity index is 1140. The van der Waals surface area contributed by atoms with Gasteiger partial charge in [-0.2, -0.15) is 0 Å². The van der Waals surface area contributed by atoms with E-state index in [2.05, 4.69) is 15.3 Å². The molecule has 28 heavy (non-hydrogen) atoms. The molecule has 4 aromatic rings. The molecule has 2 N–H and O–H groups in total. The van der Waals surface area contributed by atoms with E-state index in [1.807, 2.05) is 43.3 Å². The van der Waals surface area contributed by atoms with E-state index >= 15 is 0 Å². The molecule has 0 spiro atoms. The van der Waals surface area contributed by atoms with Crippen LogP contribution in [-0.4, -0.2) is 21.0 Å². The summed E-state index contributed by atoms with van der Waals surface area (Å²) in [5.41, 5.74) is 2.39. The highest BCUT2D eigenvalue weighted by Crippen LogP contribution is 2.35. The van der Waals surface area contributed by atoms with Crippen LogP contribution >= 0.6 is 11.3 Å². The van der Waals surface area contributed by atoms with E-state index in [1.54, 1.807) is 18.2 Å². The van der Waals surface area contributed by atoms with Crippen LogP contribution in [0.3, 0.4) is 0 Å². The number of anilines is 2. The van der Waals surface area contributed by atoms with Gasteiger partial charge < -0.3 is 15.2 Å². The van der Waals surface area contributed by atoms with Gasteiger partial charge in [-0.1, -0.05) is 36.4 Å². The maximum absolute atomic E-state index is 12.6. The molecular weight excluding hydrogens is 374 g/mol. The van der Waals surface area contributed by atoms with Crippen molar-refractivity contribution in [1.29, 1.82) is 0 Å². The molecular formula is C21H17N3O3S. The summed E-state index contributed by atoms with van der Waals surface area (Å²) in [7, 11) is 0. The molecule has 0 unspecified atom stereocenters. The van der Waals surface area contributed by atoms with Crippen molar-refractivity contribution < 1.29 is 14.6 Å². The van der Waals surface area contributed by atoms with Crippen molar-refractivity contribution in [3.63, 3.8) is 0 Å². The van der Waals surface area contributed by atoms with Crippen LogP contribution in [0.1, 0.15) is 20.8 Å². The number of aryl methyl sites for hydroxylation is 1. The zero-order chi connectivity index (χ0) is 19.5. The molecule has 140 valence electrons. The van der Waals surface area contributed by atoms with E-state index in [0.29, 0.717) is 21.2 Å². The van der Waals surface area contributed by atoms with Crippen LogP contribution in [-0.2, 0) is 11.3 Å². The lowest BCUT2D eigenvalue weighted by molar-refractivity contribution is 0.0478. The number of fused-ring (bicyclic) bond motifs is 1. The van der Waals surface area contributed by atoms with Gasteiger partial charge >= 0.3 is 5.97 Å². The molecule has 0 atom stereocenters. The quantitative estimate of drug-likeness (QED) is 0.475. The zero-order valence-corrected chi connectivity index (χ0v) is 15.9. The Hall–Kier alpha value is -3.45. The van der Waals surface area contributed by atoms with Crippen molar-refractivity contribution in [1.82, 2.24) is 9.97 Å². The van der Waals surface area contributed by atoms with Crippen LogP contribution in [0.4, 0.5) is 11.5 Å². The van der Waals surface area contributed by atoms with Crippen molar-refractivity contribution in [2.45, 2.75) is 13.5 Å². The van der Waals surface area contributed by atoms with E-state index in [4.69, 9.17) is 4.74 Å². The summed E-state index contributed by atoms with van der Waals surface area (Å²) >= 11 is 1.28. The van der Waals surface area contributed by atoms with E-state index in [1.165, 1.54) is 17.7 Å². The van der Waals surface area contributed by atoms with Crippen molar-refractivity contribution in [3.8, 4) is 5.75 Å². The summed E-state index contributed by atoms with van der Waals surface area (Å²) < 4.78 is 5.47. The molecule has 0 saturated carbocycles. The Morgan fingerprint density at radius 1 is 1.14 bits per heavy atom. The number of carbonyl (C=O) groups excluding carboxylic acids is 1. The Labute approximate surface area is 165 Å². The van der Waals surface area contributed by atoms with Gasteiger partial charge in [0, 0.05) is 11.8 Å². The van der Waals surface area contributed by atoms with Crippen LogP contribution in [0.2, 0.25) is 0 Å². The van der Waals surface area contributed by atoms with Gasteiger partial charge in [0.2, 0.25) is 0 Å². The number of ether oxygens (including phenoxy) is 1. The number of carbonyl (C=O) groups is 1. The third-order valence-corrected chi connectivity index (χ3v) is 5.41. The standard InChI is InChI=1S/C21H17N3O3S/c1-13-17-19(24-15-8-5-9-16(25)10-15)22-12-23-20(17)28-18(13)21(26)27-11-14-6-3-2-4-7-14/h2-10,12,25H,11H2,1H3,(H,22,23,24). The molecule has 0 aliphatic carbocycles. The molecule has 0 aliphatic heterocycles. The van der Waals surface area contributed by atoms with E-state index in [0.717, 1.165) is 16.5 Å². The number of benzene rings is 2. The van der Waals surface area contributed by atoms with E-state index in [9.17, 15) is 9.90 Å². The largest absolute Gasteiger partial charge is 0.508 e. The fourth-order valence-corrected chi connectivity index (χ4v) is 3.91. The minimum atomic E-state index is -0.382. The molecule has 0 bridgehead atoms. The maximum atomic E-state index is 12.6. The lowest BCUT2D eigenvalue weighted by Crippen LogP contribution is -2.04. The van der Waals surface area contributed by atoms with Crippen LogP contribution in [0.25, 0.3) is 10.2 Å². The van der Waals surface area contributed by atoms with Crippen molar-refractivity contribution in [2.75, 3.05) is 5.32 Å². The number of nitrogens with one attached hydrogen (secondary N) is 1. The van der Waals surface area contributed by atoms with Gasteiger partial charge in [-0.3, -0.25) is 0 Å². The molecule has 6 nitrogen and oxygen atoms in total. The normalized spacial score (nSPS) is 10.8. The minimum Gasteiger partial charge on any atom is -0.508 e. The van der Waals surface area contributed by atoms with Crippen molar-refractivity contribution >= 4 is 39.0 Å². The number of thiophene rings is 1. The van der Waals surface area contributed by atoms with Gasteiger partial charge in [-0.05, 0) is 30.2 Å². The van der Waals surface area contributed by atoms with E-state index in [-0.39, 0.29) is 18.3 Å². The van der Waals surface area contributed by atoms with Gasteiger partial charge in [-0.15, -0.1) is 11.3 Å². The lowest BCUT2D eigenvalue weighted by Gasteiger charge is -2.08. The molecule has 0 amide bonds. The summed E-state index contributed by atoms with van der Waals surface area (Å²) in [6.45, 7) is 2.07. The number of hydrogen-bond donors (Lipinski definition) is 2. The lowest BCUT2D eigenvalue weighted by atomic mass is 10.2. The number of phenols is 1. The summed E-state index contributed by atoms with van der Waals surface area (Å²) in [5.74, 6) is 0.349. The first-order valence-electron chi connectivity index (χ1n) is 8.63. The first-order chi connectivity index (χ1) is 13.6. The highest BCUT2D eigenvalue weighted by Gasteiger charge is 2.20. The number of hydrogen-bond acceptors (Lipinski definition) is 7. The number of esters is 1. The number of phenolic OH excluding ortho intramolecular Hbond substituents is 1. The van der Waals surface area contributed by atoms with Crippen LogP contribution < -0.4 is 5.32 Å². The first kappa shape index (κ1) is 17.9. The molecule has 2 heterocycles. The number of rotatable bonds is 5. The summed E-state index contributed by atoms with van der Waals surface area (Å²) in [6, 6.07) is 16.3. The fraction of sp³-hybridized carbons (Fsp3) is 0.0952. The smallest absolute Gasteiger partial charge is 0.349 e. The summed E-state index contributed by atoms with van der Waals surface area (Å²) in [6.07, 6.45) is 1.45. The minimum absolute atomic E-state index is 0.155. The SMILES string of the molecule is Cc1c(C(=O)OCc2ccccc2)sc2ncnc(Nc3cccc(O)c3)c12. The van der Waals surface area contributed by atoms with Gasteiger partial charge in [0.1, 0.15) is 34.2 Å². The van der Waals surface area contributed by atoms with Crippen molar-refractivity contribution in [3.05, 3.63) is 76.9 Å². The molecule has 4 rings (SSSR count). The Balaban J connectivity index is 1.62. The van der Waals surface area contributed by atoms with Crippen LogP contribution in [0.5, 0.6) is 5.75 Å². The van der Waals surface area contributed by atoms with Crippen LogP contribution in [0, 0.1) is 6.92 Å². The third kappa shape index (κ3) is 3.65. The molecule has 7 heteroatoms. The van der Waals surface area contributed by atoms with Gasteiger partial charge in [0.25, 0.3) is 0 Å². The Kier molecular flexibility index (Phi) is 4.90. The first-order valence-corrected chi connectivity index (χ1v) is 9.44. The molecule has 0 fully saturated rings. The van der Waals surface area contributed by atoms with Crippen LogP contribution in [0.15, 0.2) is 60.9 Å². The average molecular weight is 391 g/mol. The topological polar surface area (TPSA) is 84.3 Å². The third-order valence-electron chi connectivity index (χ3n) is 4.23. The molecule has 0 aliphatic rings. The van der Waals surface area contributed by atoms with Gasteiger partial charge in [0.05, 0.1) is 5.39 Å². The van der Waals surface area contributed by atoms with Crippen molar-refractivity contribution in [2.24, 2.45) is 0 Å². The highest BCUT2D eigenvalue weighted by molar-refractivity contribution is 7.20. The number of aromatic nitrogens is 2. The second-order valence-electron chi connectivity index (χ2n) is 6.20. The number of nitrogens with zero attached hydrogens (tertiary/aromatic N) is 2. The second-order valence-corrected chi connectivity index (χ2v) is 7.19. The molecule has 0 saturated heterocycles.